The monoisotopic (exact) mass is 221 g/mol. The lowest BCUT2D eigenvalue weighted by Crippen LogP contribution is -2.46. The Bertz CT molecular complexity index is 236. The summed E-state index contributed by atoms with van der Waals surface area (Å²) in [5, 5.41) is 0. The van der Waals surface area contributed by atoms with E-state index in [1.807, 2.05) is 0 Å². The largest absolute Gasteiger partial charge is 0.325 e. The molecule has 1 nitrogen and oxygen atoms in total. The van der Waals surface area contributed by atoms with Crippen LogP contribution in [0.1, 0.15) is 70.6 Å². The van der Waals surface area contributed by atoms with Crippen LogP contribution in [0.15, 0.2) is 0 Å². The average molecular weight is 221 g/mol. The SMILES string of the molecule is NC1(CC2CCCC2)CCCC(C2CC2)C1. The molecule has 16 heavy (non-hydrogen) atoms. The molecule has 3 aliphatic rings. The molecule has 0 radical (unpaired) electrons. The minimum Gasteiger partial charge on any atom is -0.325 e. The minimum absolute atomic E-state index is 0.237. The summed E-state index contributed by atoms with van der Waals surface area (Å²) < 4.78 is 0. The van der Waals surface area contributed by atoms with Crippen LogP contribution in [0.5, 0.6) is 0 Å². The van der Waals surface area contributed by atoms with E-state index in [2.05, 4.69) is 0 Å². The highest BCUT2D eigenvalue weighted by Gasteiger charge is 2.40. The van der Waals surface area contributed by atoms with Gasteiger partial charge in [-0.1, -0.05) is 38.5 Å². The van der Waals surface area contributed by atoms with Gasteiger partial charge in [0, 0.05) is 5.54 Å². The lowest BCUT2D eigenvalue weighted by molar-refractivity contribution is 0.173. The van der Waals surface area contributed by atoms with Crippen LogP contribution in [0.3, 0.4) is 0 Å². The van der Waals surface area contributed by atoms with Gasteiger partial charge in [-0.3, -0.25) is 0 Å². The number of hydrogen-bond donors (Lipinski definition) is 1. The van der Waals surface area contributed by atoms with Crippen LogP contribution in [-0.4, -0.2) is 5.54 Å². The van der Waals surface area contributed by atoms with E-state index >= 15 is 0 Å². The lowest BCUT2D eigenvalue weighted by Gasteiger charge is -2.40. The van der Waals surface area contributed by atoms with Gasteiger partial charge < -0.3 is 5.73 Å². The molecule has 92 valence electrons. The Hall–Kier alpha value is -0.0400. The average Bonchev–Trinajstić information content (AvgIpc) is 2.99. The lowest BCUT2D eigenvalue weighted by atomic mass is 9.70. The molecule has 0 aromatic rings. The van der Waals surface area contributed by atoms with Crippen LogP contribution < -0.4 is 5.73 Å². The Kier molecular flexibility index (Phi) is 2.99. The van der Waals surface area contributed by atoms with Crippen molar-refractivity contribution in [2.24, 2.45) is 23.5 Å². The summed E-state index contributed by atoms with van der Waals surface area (Å²) in [6.45, 7) is 0. The van der Waals surface area contributed by atoms with Crippen molar-refractivity contribution in [3.63, 3.8) is 0 Å². The maximum Gasteiger partial charge on any atom is 0.0159 e. The molecule has 0 aliphatic heterocycles. The van der Waals surface area contributed by atoms with E-state index < -0.39 is 0 Å². The summed E-state index contributed by atoms with van der Waals surface area (Å²) in [7, 11) is 0. The van der Waals surface area contributed by atoms with Crippen molar-refractivity contribution in [1.82, 2.24) is 0 Å². The first-order chi connectivity index (χ1) is 7.75. The van der Waals surface area contributed by atoms with Gasteiger partial charge in [0.05, 0.1) is 0 Å². The van der Waals surface area contributed by atoms with Gasteiger partial charge in [-0.25, -0.2) is 0 Å². The molecule has 3 saturated carbocycles. The third-order valence-corrected chi connectivity index (χ3v) is 5.38. The van der Waals surface area contributed by atoms with E-state index in [0.717, 1.165) is 17.8 Å². The highest BCUT2D eigenvalue weighted by molar-refractivity contribution is 4.96. The zero-order valence-electron chi connectivity index (χ0n) is 10.6. The molecular weight excluding hydrogens is 194 g/mol. The molecule has 3 fully saturated rings. The number of rotatable bonds is 3. The first-order valence-electron chi connectivity index (χ1n) is 7.54. The zero-order chi connectivity index (χ0) is 11.0. The first-order valence-corrected chi connectivity index (χ1v) is 7.54. The molecule has 2 unspecified atom stereocenters. The van der Waals surface area contributed by atoms with E-state index in [4.69, 9.17) is 5.73 Å². The maximum atomic E-state index is 6.69. The molecule has 0 amide bonds. The molecule has 0 heterocycles. The van der Waals surface area contributed by atoms with Crippen molar-refractivity contribution >= 4 is 0 Å². The Morgan fingerprint density at radius 1 is 0.875 bits per heavy atom. The quantitative estimate of drug-likeness (QED) is 0.769. The maximum absolute atomic E-state index is 6.69. The Labute approximate surface area is 100 Å². The predicted octanol–water partition coefficient (Wildman–Crippen LogP) is 3.86. The third-order valence-electron chi connectivity index (χ3n) is 5.38. The molecule has 0 spiro atoms. The highest BCUT2D eigenvalue weighted by atomic mass is 14.8. The number of hydrogen-bond acceptors (Lipinski definition) is 1. The van der Waals surface area contributed by atoms with Crippen molar-refractivity contribution in [2.75, 3.05) is 0 Å². The van der Waals surface area contributed by atoms with E-state index in [1.165, 1.54) is 70.6 Å². The molecule has 0 bridgehead atoms. The van der Waals surface area contributed by atoms with E-state index in [9.17, 15) is 0 Å². The number of nitrogens with two attached hydrogens (primary N) is 1. The topological polar surface area (TPSA) is 26.0 Å². The highest BCUT2D eigenvalue weighted by Crippen LogP contribution is 2.48. The van der Waals surface area contributed by atoms with Gasteiger partial charge in [0.15, 0.2) is 0 Å². The van der Waals surface area contributed by atoms with Gasteiger partial charge in [0.25, 0.3) is 0 Å². The Morgan fingerprint density at radius 2 is 1.62 bits per heavy atom. The molecular formula is C15H27N. The van der Waals surface area contributed by atoms with Gasteiger partial charge in [0.1, 0.15) is 0 Å². The second kappa shape index (κ2) is 4.33. The third kappa shape index (κ3) is 2.45. The second-order valence-corrected chi connectivity index (χ2v) is 6.91. The van der Waals surface area contributed by atoms with Crippen LogP contribution in [0, 0.1) is 17.8 Å². The van der Waals surface area contributed by atoms with Gasteiger partial charge in [0.2, 0.25) is 0 Å². The summed E-state index contributed by atoms with van der Waals surface area (Å²) in [6.07, 6.45) is 15.8. The van der Waals surface area contributed by atoms with E-state index in [1.54, 1.807) is 0 Å². The van der Waals surface area contributed by atoms with Crippen molar-refractivity contribution in [2.45, 2.75) is 76.2 Å². The van der Waals surface area contributed by atoms with Crippen molar-refractivity contribution in [3.05, 3.63) is 0 Å². The van der Waals surface area contributed by atoms with Crippen molar-refractivity contribution in [1.29, 1.82) is 0 Å². The Balaban J connectivity index is 1.57. The molecule has 3 rings (SSSR count). The second-order valence-electron chi connectivity index (χ2n) is 6.91. The van der Waals surface area contributed by atoms with Gasteiger partial charge in [-0.15, -0.1) is 0 Å². The van der Waals surface area contributed by atoms with Crippen LogP contribution >= 0.6 is 0 Å². The van der Waals surface area contributed by atoms with Crippen molar-refractivity contribution < 1.29 is 0 Å². The van der Waals surface area contributed by atoms with Gasteiger partial charge >= 0.3 is 0 Å². The van der Waals surface area contributed by atoms with Crippen LogP contribution in [0.2, 0.25) is 0 Å². The fourth-order valence-corrected chi connectivity index (χ4v) is 4.39. The first kappa shape index (κ1) is 11.1. The normalized spacial score (nSPS) is 41.4. The van der Waals surface area contributed by atoms with Gasteiger partial charge in [-0.05, 0) is 49.9 Å². The molecule has 1 heteroatoms. The van der Waals surface area contributed by atoms with Crippen LogP contribution in [0.25, 0.3) is 0 Å². The fourth-order valence-electron chi connectivity index (χ4n) is 4.39. The van der Waals surface area contributed by atoms with E-state index in [-0.39, 0.29) is 5.54 Å². The minimum atomic E-state index is 0.237. The molecule has 3 aliphatic carbocycles. The molecule has 0 aromatic carbocycles. The fraction of sp³-hybridized carbons (Fsp3) is 1.00. The molecule has 2 atom stereocenters. The molecule has 0 saturated heterocycles. The summed E-state index contributed by atoms with van der Waals surface area (Å²) in [4.78, 5) is 0. The zero-order valence-corrected chi connectivity index (χ0v) is 10.6. The van der Waals surface area contributed by atoms with Gasteiger partial charge in [-0.2, -0.15) is 0 Å². The van der Waals surface area contributed by atoms with Crippen LogP contribution in [-0.2, 0) is 0 Å². The van der Waals surface area contributed by atoms with Crippen molar-refractivity contribution in [3.8, 4) is 0 Å². The van der Waals surface area contributed by atoms with E-state index in [0.29, 0.717) is 0 Å². The predicted molar refractivity (Wildman–Crippen MR) is 68.2 cm³/mol. The molecule has 2 N–H and O–H groups in total. The summed E-state index contributed by atoms with van der Waals surface area (Å²) >= 11 is 0. The molecule has 0 aromatic heterocycles. The summed E-state index contributed by atoms with van der Waals surface area (Å²) in [5.74, 6) is 3.05. The summed E-state index contributed by atoms with van der Waals surface area (Å²) in [5.41, 5.74) is 6.93. The Morgan fingerprint density at radius 3 is 2.31 bits per heavy atom. The van der Waals surface area contributed by atoms with Crippen LogP contribution in [0.4, 0.5) is 0 Å². The smallest absolute Gasteiger partial charge is 0.0159 e. The standard InChI is InChI=1S/C15H27N/c16-15(10-12-4-1-2-5-12)9-3-6-14(11-15)13-7-8-13/h12-14H,1-11,16H2. The summed E-state index contributed by atoms with van der Waals surface area (Å²) in [6, 6.07) is 0.